The Balaban J connectivity index is 1.35. The number of hydrogen-bond donors (Lipinski definition) is 3. The van der Waals surface area contributed by atoms with Crippen molar-refractivity contribution in [1.82, 2.24) is 20.2 Å². The second kappa shape index (κ2) is 11.6. The molecule has 1 aliphatic heterocycles. The molecule has 0 radical (unpaired) electrons. The number of nitrogens with one attached hydrogen (secondary N) is 3. The van der Waals surface area contributed by atoms with Gasteiger partial charge in [0.15, 0.2) is 11.6 Å². The van der Waals surface area contributed by atoms with Gasteiger partial charge in [-0.25, -0.2) is 13.8 Å². The van der Waals surface area contributed by atoms with Gasteiger partial charge in [-0.1, -0.05) is 6.42 Å². The summed E-state index contributed by atoms with van der Waals surface area (Å²) in [6, 6.07) is 7.25. The molecule has 1 aromatic heterocycles. The van der Waals surface area contributed by atoms with Crippen molar-refractivity contribution in [3.63, 3.8) is 0 Å². The van der Waals surface area contributed by atoms with Gasteiger partial charge in [0.05, 0.1) is 12.1 Å². The second-order valence-electron chi connectivity index (χ2n) is 9.51. The Morgan fingerprint density at radius 2 is 2.03 bits per heavy atom. The minimum atomic E-state index is -0.562. The lowest BCUT2D eigenvalue weighted by Gasteiger charge is -2.22. The number of nitrogens with zero attached hydrogens (tertiary/aromatic N) is 3. The highest BCUT2D eigenvalue weighted by atomic mass is 19.1. The quantitative estimate of drug-likeness (QED) is 0.467. The monoisotopic (exact) mass is 488 g/mol. The molecule has 0 bridgehead atoms. The largest absolute Gasteiger partial charge is 0.489 e. The topological polar surface area (TPSA) is 91.4 Å². The van der Waals surface area contributed by atoms with Crippen LogP contribution in [0.5, 0.6) is 5.75 Å². The maximum absolute atomic E-state index is 14.5. The van der Waals surface area contributed by atoms with Crippen molar-refractivity contribution in [2.24, 2.45) is 5.92 Å². The van der Waals surface area contributed by atoms with Gasteiger partial charge in [-0.05, 0) is 57.4 Å². The zero-order valence-corrected chi connectivity index (χ0v) is 20.3. The molecule has 2 aliphatic rings. The van der Waals surface area contributed by atoms with Crippen LogP contribution >= 0.6 is 0 Å². The minimum Gasteiger partial charge on any atom is -0.489 e. The van der Waals surface area contributed by atoms with Crippen molar-refractivity contribution in [2.75, 3.05) is 36.9 Å². The van der Waals surface area contributed by atoms with Crippen LogP contribution in [0.4, 0.5) is 26.2 Å². The molecular weight excluding hydrogens is 454 g/mol. The number of halogens is 2. The molecule has 3 N–H and O–H groups in total. The van der Waals surface area contributed by atoms with E-state index in [4.69, 9.17) is 4.74 Å². The Labute approximate surface area is 204 Å². The number of likely N-dealkylation sites (tertiary alicyclic amines) is 1. The smallest absolute Gasteiger partial charge is 0.229 e. The molecule has 10 heteroatoms. The number of alkyl halides is 1. The molecule has 2 heterocycles. The van der Waals surface area contributed by atoms with E-state index in [1.54, 1.807) is 0 Å². The van der Waals surface area contributed by atoms with Crippen LogP contribution in [0.3, 0.4) is 0 Å². The first-order valence-corrected chi connectivity index (χ1v) is 12.3. The van der Waals surface area contributed by atoms with E-state index in [1.165, 1.54) is 0 Å². The first-order chi connectivity index (χ1) is 16.9. The summed E-state index contributed by atoms with van der Waals surface area (Å²) in [7, 11) is 0. The van der Waals surface area contributed by atoms with E-state index < -0.39 is 5.82 Å². The lowest BCUT2D eigenvalue weighted by atomic mass is 10.0. The first kappa shape index (κ1) is 25.1. The van der Waals surface area contributed by atoms with Gasteiger partial charge in [-0.15, -0.1) is 0 Å². The van der Waals surface area contributed by atoms with Gasteiger partial charge in [0.2, 0.25) is 11.9 Å². The van der Waals surface area contributed by atoms with Gasteiger partial charge >= 0.3 is 0 Å². The van der Waals surface area contributed by atoms with Gasteiger partial charge < -0.3 is 20.7 Å². The average Bonchev–Trinajstić information content (AvgIpc) is 3.47. The highest BCUT2D eigenvalue weighted by Gasteiger charge is 2.34. The van der Waals surface area contributed by atoms with E-state index in [1.807, 2.05) is 38.1 Å². The predicted molar refractivity (Wildman–Crippen MR) is 131 cm³/mol. The summed E-state index contributed by atoms with van der Waals surface area (Å²) in [5.74, 6) is 0.263. The van der Waals surface area contributed by atoms with Gasteiger partial charge in [-0.3, -0.25) is 9.69 Å². The zero-order valence-electron chi connectivity index (χ0n) is 20.3. The lowest BCUT2D eigenvalue weighted by Crippen LogP contribution is -2.41. The molecule has 35 heavy (non-hydrogen) atoms. The molecule has 2 fully saturated rings. The van der Waals surface area contributed by atoms with E-state index in [0.717, 1.165) is 56.4 Å². The fourth-order valence-electron chi connectivity index (χ4n) is 4.70. The number of rotatable bonds is 10. The third kappa shape index (κ3) is 6.78. The van der Waals surface area contributed by atoms with Crippen LogP contribution in [0.1, 0.15) is 39.5 Å². The molecule has 8 nitrogen and oxygen atoms in total. The molecule has 2 aromatic rings. The van der Waals surface area contributed by atoms with Crippen molar-refractivity contribution in [2.45, 2.75) is 57.7 Å². The van der Waals surface area contributed by atoms with E-state index in [0.29, 0.717) is 6.54 Å². The Morgan fingerprint density at radius 3 is 2.77 bits per heavy atom. The normalized spacial score (nSPS) is 22.4. The number of hydrogen-bond acceptors (Lipinski definition) is 7. The number of ether oxygens (including phenoxy) is 1. The molecule has 1 amide bonds. The van der Waals surface area contributed by atoms with E-state index >= 15 is 0 Å². The summed E-state index contributed by atoms with van der Waals surface area (Å²) in [6.45, 7) is 5.52. The van der Waals surface area contributed by atoms with Crippen molar-refractivity contribution < 1.29 is 18.3 Å². The van der Waals surface area contributed by atoms with Gasteiger partial charge in [0.1, 0.15) is 18.5 Å². The van der Waals surface area contributed by atoms with Crippen molar-refractivity contribution in [3.05, 3.63) is 36.3 Å². The Morgan fingerprint density at radius 1 is 1.23 bits per heavy atom. The number of carbonyl (C=O) groups is 1. The molecule has 1 saturated carbocycles. The number of carbonyl (C=O) groups excluding carboxylic acids is 1. The predicted octanol–water partition coefficient (Wildman–Crippen LogP) is 3.89. The van der Waals surface area contributed by atoms with Crippen LogP contribution in [-0.2, 0) is 4.79 Å². The fourth-order valence-corrected chi connectivity index (χ4v) is 4.70. The maximum atomic E-state index is 14.5. The van der Waals surface area contributed by atoms with Crippen LogP contribution in [0, 0.1) is 11.7 Å². The number of anilines is 3. The summed E-state index contributed by atoms with van der Waals surface area (Å²) >= 11 is 0. The van der Waals surface area contributed by atoms with E-state index in [9.17, 15) is 13.6 Å². The average molecular weight is 489 g/mol. The summed E-state index contributed by atoms with van der Waals surface area (Å²) in [5.41, 5.74) is 0.732. The number of amides is 1. The van der Waals surface area contributed by atoms with E-state index in [2.05, 4.69) is 30.8 Å². The second-order valence-corrected chi connectivity index (χ2v) is 9.51. The van der Waals surface area contributed by atoms with Crippen LogP contribution < -0.4 is 20.7 Å². The minimum absolute atomic E-state index is 0.0159. The van der Waals surface area contributed by atoms with Crippen molar-refractivity contribution in [3.8, 4) is 5.75 Å². The Bertz CT molecular complexity index is 990. The molecule has 0 unspecified atom stereocenters. The number of aromatic nitrogens is 2. The van der Waals surface area contributed by atoms with Gasteiger partial charge in [0, 0.05) is 37.4 Å². The SMILES string of the molecule is CC(C)NC(=O)[C@H]1CCC[C@H]1Nc1nc(Nc2ccc(O[C@H]3CCN(CCF)C3)cc2)ncc1F. The van der Waals surface area contributed by atoms with Gasteiger partial charge in [-0.2, -0.15) is 4.98 Å². The summed E-state index contributed by atoms with van der Waals surface area (Å²) in [6.07, 6.45) is 4.48. The lowest BCUT2D eigenvalue weighted by molar-refractivity contribution is -0.125. The Hall–Kier alpha value is -3.01. The summed E-state index contributed by atoms with van der Waals surface area (Å²) in [4.78, 5) is 22.9. The van der Waals surface area contributed by atoms with Crippen LogP contribution in [-0.4, -0.2) is 65.3 Å². The molecule has 1 saturated heterocycles. The first-order valence-electron chi connectivity index (χ1n) is 12.3. The van der Waals surface area contributed by atoms with Crippen molar-refractivity contribution in [1.29, 1.82) is 0 Å². The molecule has 190 valence electrons. The number of benzene rings is 1. The standard InChI is InChI=1S/C25H34F2N6O2/c1-16(2)29-24(34)20-4-3-5-22(20)31-23-21(27)14-28-25(32-23)30-17-6-8-18(9-7-17)35-19-10-12-33(15-19)13-11-26/h6-9,14,16,19-20,22H,3-5,10-13,15H2,1-2H3,(H,29,34)(H2,28,30,31,32)/t19-,20-,22+/m0/s1. The third-order valence-corrected chi connectivity index (χ3v) is 6.39. The zero-order chi connectivity index (χ0) is 24.8. The van der Waals surface area contributed by atoms with Crippen molar-refractivity contribution >= 4 is 23.4 Å². The highest BCUT2D eigenvalue weighted by Crippen LogP contribution is 2.30. The molecule has 1 aliphatic carbocycles. The molecular formula is C25H34F2N6O2. The molecule has 0 spiro atoms. The van der Waals surface area contributed by atoms with Crippen LogP contribution in [0.2, 0.25) is 0 Å². The maximum Gasteiger partial charge on any atom is 0.229 e. The Kier molecular flexibility index (Phi) is 8.33. The van der Waals surface area contributed by atoms with Gasteiger partial charge in [0.25, 0.3) is 0 Å². The molecule has 3 atom stereocenters. The summed E-state index contributed by atoms with van der Waals surface area (Å²) < 4.78 is 33.0. The van der Waals surface area contributed by atoms with Crippen LogP contribution in [0.25, 0.3) is 0 Å². The third-order valence-electron chi connectivity index (χ3n) is 6.39. The fraction of sp³-hybridized carbons (Fsp3) is 0.560. The van der Waals surface area contributed by atoms with E-state index in [-0.39, 0.29) is 48.5 Å². The summed E-state index contributed by atoms with van der Waals surface area (Å²) in [5, 5.41) is 9.16. The molecule has 1 aromatic carbocycles. The molecule has 4 rings (SSSR count). The highest BCUT2D eigenvalue weighted by molar-refractivity contribution is 5.80. The van der Waals surface area contributed by atoms with Crippen LogP contribution in [0.15, 0.2) is 30.5 Å².